The number of benzene rings is 3. The second kappa shape index (κ2) is 10.4. The number of methoxy groups -OCH3 is 1. The Hall–Kier alpha value is -3.80. The molecule has 0 heterocycles. The summed E-state index contributed by atoms with van der Waals surface area (Å²) in [5.41, 5.74) is 13.2. The van der Waals surface area contributed by atoms with Gasteiger partial charge in [0, 0.05) is 11.1 Å². The summed E-state index contributed by atoms with van der Waals surface area (Å²) >= 11 is 0. The van der Waals surface area contributed by atoms with Gasteiger partial charge in [0.15, 0.2) is 0 Å². The van der Waals surface area contributed by atoms with Crippen LogP contribution in [0.15, 0.2) is 78.9 Å². The number of amidine groups is 2. The van der Waals surface area contributed by atoms with Crippen molar-refractivity contribution >= 4 is 11.7 Å². The minimum Gasteiger partial charge on any atom is -0.497 e. The molecular weight excluding hydrogens is 352 g/mol. The third-order valence-electron chi connectivity index (χ3n) is 3.77. The van der Waals surface area contributed by atoms with E-state index in [0.717, 1.165) is 17.1 Å². The minimum atomic E-state index is 0.0511. The first-order chi connectivity index (χ1) is 13.5. The number of rotatable bonds is 6. The quantitative estimate of drug-likeness (QED) is 0.389. The number of hydrogen-bond donors (Lipinski definition) is 4. The third-order valence-corrected chi connectivity index (χ3v) is 3.77. The minimum absolute atomic E-state index is 0.0511. The van der Waals surface area contributed by atoms with Crippen molar-refractivity contribution in [2.24, 2.45) is 11.5 Å². The number of ether oxygens (including phenoxy) is 2. The molecule has 0 spiro atoms. The molecule has 0 aliphatic heterocycles. The highest BCUT2D eigenvalue weighted by Gasteiger charge is 2.00. The molecule has 0 aliphatic rings. The second-order valence-corrected chi connectivity index (χ2v) is 5.86. The lowest BCUT2D eigenvalue weighted by Crippen LogP contribution is -2.10. The summed E-state index contributed by atoms with van der Waals surface area (Å²) in [5, 5.41) is 14.5. The fourth-order valence-electron chi connectivity index (χ4n) is 2.28. The number of hydrogen-bond acceptors (Lipinski definition) is 4. The summed E-state index contributed by atoms with van der Waals surface area (Å²) in [6.07, 6.45) is 0. The van der Waals surface area contributed by atoms with Gasteiger partial charge in [-0.1, -0.05) is 54.6 Å². The molecule has 0 amide bonds. The molecule has 0 unspecified atom stereocenters. The molecule has 3 aromatic carbocycles. The molecule has 0 fully saturated rings. The normalized spacial score (nSPS) is 9.61. The average molecular weight is 376 g/mol. The summed E-state index contributed by atoms with van der Waals surface area (Å²) in [6.45, 7) is 0.516. The van der Waals surface area contributed by atoms with E-state index in [1.165, 1.54) is 0 Å². The number of nitrogen functional groups attached to an aromatic ring is 2. The Morgan fingerprint density at radius 2 is 1.29 bits per heavy atom. The van der Waals surface area contributed by atoms with E-state index < -0.39 is 0 Å². The first kappa shape index (κ1) is 20.5. The maximum absolute atomic E-state index is 7.35. The molecule has 0 saturated heterocycles. The molecule has 0 radical (unpaired) electrons. The Morgan fingerprint density at radius 1 is 0.750 bits per heavy atom. The molecule has 28 heavy (non-hydrogen) atoms. The Labute approximate surface area is 164 Å². The first-order valence-corrected chi connectivity index (χ1v) is 8.59. The van der Waals surface area contributed by atoms with E-state index in [-0.39, 0.29) is 11.7 Å². The van der Waals surface area contributed by atoms with Crippen LogP contribution in [0.3, 0.4) is 0 Å². The van der Waals surface area contributed by atoms with Crippen LogP contribution >= 0.6 is 0 Å². The average Bonchev–Trinajstić information content (AvgIpc) is 2.73. The van der Waals surface area contributed by atoms with Gasteiger partial charge in [-0.3, -0.25) is 10.8 Å². The Morgan fingerprint density at radius 3 is 1.82 bits per heavy atom. The van der Waals surface area contributed by atoms with E-state index in [4.69, 9.17) is 31.8 Å². The van der Waals surface area contributed by atoms with Gasteiger partial charge in [-0.15, -0.1) is 0 Å². The lowest BCUT2D eigenvalue weighted by molar-refractivity contribution is 0.306. The van der Waals surface area contributed by atoms with Gasteiger partial charge in [-0.05, 0) is 29.8 Å². The van der Waals surface area contributed by atoms with Gasteiger partial charge in [0.25, 0.3) is 0 Å². The van der Waals surface area contributed by atoms with Crippen LogP contribution in [0.1, 0.15) is 16.7 Å². The van der Waals surface area contributed by atoms with E-state index in [2.05, 4.69) is 0 Å². The van der Waals surface area contributed by atoms with Crippen LogP contribution in [-0.4, -0.2) is 18.8 Å². The topological polar surface area (TPSA) is 118 Å². The zero-order valence-electron chi connectivity index (χ0n) is 15.7. The SMILES string of the molecule is COc1cccc(C(=N)N)c1.N=C(N)c1cccc(OCc2ccccc2)c1. The standard InChI is InChI=1S/C14H14N2O.C8H10N2O/c15-14(16)12-7-4-8-13(9-12)17-10-11-5-2-1-3-6-11;1-11-7-4-2-3-6(5-7)8(9)10/h1-9H,10H2,(H3,15,16);2-5H,1H3,(H3,9,10). The molecule has 6 nitrogen and oxygen atoms in total. The molecule has 3 aromatic rings. The first-order valence-electron chi connectivity index (χ1n) is 8.59. The van der Waals surface area contributed by atoms with Crippen LogP contribution in [0.2, 0.25) is 0 Å². The van der Waals surface area contributed by atoms with Crippen molar-refractivity contribution in [1.29, 1.82) is 10.8 Å². The van der Waals surface area contributed by atoms with Gasteiger partial charge in [0.2, 0.25) is 0 Å². The molecule has 0 aliphatic carbocycles. The third kappa shape index (κ3) is 6.49. The Bertz CT molecular complexity index is 927. The van der Waals surface area contributed by atoms with Gasteiger partial charge in [0.05, 0.1) is 7.11 Å². The number of nitrogens with one attached hydrogen (secondary N) is 2. The second-order valence-electron chi connectivity index (χ2n) is 5.86. The molecule has 3 rings (SSSR count). The van der Waals surface area contributed by atoms with Crippen molar-refractivity contribution < 1.29 is 9.47 Å². The maximum atomic E-state index is 7.35. The van der Waals surface area contributed by atoms with Crippen LogP contribution < -0.4 is 20.9 Å². The summed E-state index contributed by atoms with van der Waals surface area (Å²) < 4.78 is 10.6. The van der Waals surface area contributed by atoms with Crippen molar-refractivity contribution in [3.05, 3.63) is 95.6 Å². The van der Waals surface area contributed by atoms with E-state index in [1.807, 2.05) is 48.5 Å². The lowest BCUT2D eigenvalue weighted by atomic mass is 10.2. The zero-order valence-corrected chi connectivity index (χ0v) is 15.7. The molecule has 0 atom stereocenters. The van der Waals surface area contributed by atoms with Crippen LogP contribution in [0, 0.1) is 10.8 Å². The molecule has 0 saturated carbocycles. The summed E-state index contributed by atoms with van der Waals surface area (Å²) in [4.78, 5) is 0. The van der Waals surface area contributed by atoms with Crippen LogP contribution in [0.25, 0.3) is 0 Å². The van der Waals surface area contributed by atoms with Crippen LogP contribution in [-0.2, 0) is 6.61 Å². The fraction of sp³-hybridized carbons (Fsp3) is 0.0909. The van der Waals surface area contributed by atoms with E-state index in [0.29, 0.717) is 17.7 Å². The molecule has 6 N–H and O–H groups in total. The van der Waals surface area contributed by atoms with E-state index in [1.54, 1.807) is 37.4 Å². The highest BCUT2D eigenvalue weighted by atomic mass is 16.5. The lowest BCUT2D eigenvalue weighted by Gasteiger charge is -2.07. The van der Waals surface area contributed by atoms with Crippen molar-refractivity contribution in [2.75, 3.05) is 7.11 Å². The van der Waals surface area contributed by atoms with E-state index in [9.17, 15) is 0 Å². The monoisotopic (exact) mass is 376 g/mol. The van der Waals surface area contributed by atoms with Crippen LogP contribution in [0.5, 0.6) is 11.5 Å². The van der Waals surface area contributed by atoms with Gasteiger partial charge < -0.3 is 20.9 Å². The molecule has 6 heteroatoms. The smallest absolute Gasteiger partial charge is 0.122 e. The highest BCUT2D eigenvalue weighted by Crippen LogP contribution is 2.15. The summed E-state index contributed by atoms with van der Waals surface area (Å²) in [7, 11) is 1.58. The summed E-state index contributed by atoms with van der Waals surface area (Å²) in [6, 6.07) is 24.3. The van der Waals surface area contributed by atoms with Gasteiger partial charge in [0.1, 0.15) is 29.8 Å². The molecular formula is C22H24N4O2. The Kier molecular flexibility index (Phi) is 7.60. The highest BCUT2D eigenvalue weighted by molar-refractivity contribution is 5.95. The fourth-order valence-corrected chi connectivity index (χ4v) is 2.28. The predicted octanol–water partition coefficient (Wildman–Crippen LogP) is 3.53. The zero-order chi connectivity index (χ0) is 20.4. The van der Waals surface area contributed by atoms with Gasteiger partial charge >= 0.3 is 0 Å². The molecule has 144 valence electrons. The Balaban J connectivity index is 0.000000221. The van der Waals surface area contributed by atoms with Crippen molar-refractivity contribution in [3.63, 3.8) is 0 Å². The molecule has 0 aromatic heterocycles. The van der Waals surface area contributed by atoms with Crippen molar-refractivity contribution in [3.8, 4) is 11.5 Å². The van der Waals surface area contributed by atoms with Crippen LogP contribution in [0.4, 0.5) is 0 Å². The predicted molar refractivity (Wildman–Crippen MR) is 112 cm³/mol. The van der Waals surface area contributed by atoms with Gasteiger partial charge in [-0.25, -0.2) is 0 Å². The van der Waals surface area contributed by atoms with E-state index >= 15 is 0 Å². The maximum Gasteiger partial charge on any atom is 0.122 e. The summed E-state index contributed by atoms with van der Waals surface area (Å²) in [5.74, 6) is 1.55. The number of nitrogens with two attached hydrogens (primary N) is 2. The van der Waals surface area contributed by atoms with Gasteiger partial charge in [-0.2, -0.15) is 0 Å². The molecule has 0 bridgehead atoms. The van der Waals surface area contributed by atoms with Crippen molar-refractivity contribution in [1.82, 2.24) is 0 Å². The largest absolute Gasteiger partial charge is 0.497 e. The van der Waals surface area contributed by atoms with Crippen molar-refractivity contribution in [2.45, 2.75) is 6.61 Å².